The van der Waals surface area contributed by atoms with Gasteiger partial charge in [-0.2, -0.15) is 0 Å². The molecule has 3 rings (SSSR count). The molecule has 0 saturated heterocycles. The molecule has 1 unspecified atom stereocenters. The minimum Gasteiger partial charge on any atom is -0.495 e. The van der Waals surface area contributed by atoms with Crippen LogP contribution in [0.4, 0.5) is 5.69 Å². The van der Waals surface area contributed by atoms with Crippen LogP contribution in [0.5, 0.6) is 5.75 Å². The minimum absolute atomic E-state index is 0.132. The Labute approximate surface area is 175 Å². The van der Waals surface area contributed by atoms with Crippen molar-refractivity contribution in [3.05, 3.63) is 49.8 Å². The van der Waals surface area contributed by atoms with Gasteiger partial charge in [-0.15, -0.1) is 23.1 Å². The van der Waals surface area contributed by atoms with Crippen molar-refractivity contribution in [1.29, 1.82) is 0 Å². The number of H-pyrrole nitrogens is 1. The maximum atomic E-state index is 12.4. The lowest BCUT2D eigenvalue weighted by atomic mass is 10.2. The maximum absolute atomic E-state index is 12.4. The van der Waals surface area contributed by atoms with Gasteiger partial charge in [0.25, 0.3) is 5.56 Å². The van der Waals surface area contributed by atoms with Gasteiger partial charge in [0.1, 0.15) is 16.4 Å². The van der Waals surface area contributed by atoms with E-state index in [1.165, 1.54) is 30.2 Å². The number of rotatable bonds is 6. The van der Waals surface area contributed by atoms with Crippen LogP contribution in [0.2, 0.25) is 5.02 Å². The fourth-order valence-corrected chi connectivity index (χ4v) is 4.70. The van der Waals surface area contributed by atoms with Crippen molar-refractivity contribution >= 4 is 56.5 Å². The molecule has 28 heavy (non-hydrogen) atoms. The predicted octanol–water partition coefficient (Wildman–Crippen LogP) is 4.52. The Balaban J connectivity index is 1.65. The molecule has 2 N–H and O–H groups in total. The Hall–Kier alpha value is -2.03. The number of benzene rings is 1. The first kappa shape index (κ1) is 20.7. The minimum atomic E-state index is -0.339. The highest BCUT2D eigenvalue weighted by Gasteiger charge is 2.17. The lowest BCUT2D eigenvalue weighted by Crippen LogP contribution is -2.23. The number of aromatic amines is 1. The molecule has 0 aliphatic carbocycles. The average Bonchev–Trinajstić information content (AvgIpc) is 2.94. The molecule has 1 aromatic carbocycles. The summed E-state index contributed by atoms with van der Waals surface area (Å²) in [6, 6.07) is 5.07. The van der Waals surface area contributed by atoms with Gasteiger partial charge in [0.2, 0.25) is 5.91 Å². The van der Waals surface area contributed by atoms with Crippen molar-refractivity contribution in [3.63, 3.8) is 0 Å². The highest BCUT2D eigenvalue weighted by atomic mass is 35.5. The van der Waals surface area contributed by atoms with Crippen LogP contribution in [-0.4, -0.2) is 28.2 Å². The highest BCUT2D eigenvalue weighted by molar-refractivity contribution is 7.99. The number of thioether (sulfide) groups is 1. The summed E-state index contributed by atoms with van der Waals surface area (Å²) in [7, 11) is 1.53. The summed E-state index contributed by atoms with van der Waals surface area (Å²) in [5, 5.41) is 3.57. The van der Waals surface area contributed by atoms with E-state index in [-0.39, 0.29) is 16.7 Å². The van der Waals surface area contributed by atoms with Crippen LogP contribution >= 0.6 is 34.7 Å². The number of fused-ring (bicyclic) bond motifs is 1. The largest absolute Gasteiger partial charge is 0.495 e. The SMILES string of the molecule is COc1ccc(NC(=O)C(C)SCc2nc3sc(C)c(C)c3c(=O)[nH]2)cc1Cl. The summed E-state index contributed by atoms with van der Waals surface area (Å²) < 4.78 is 5.11. The van der Waals surface area contributed by atoms with Crippen LogP contribution in [-0.2, 0) is 10.5 Å². The van der Waals surface area contributed by atoms with Crippen molar-refractivity contribution in [2.45, 2.75) is 31.8 Å². The molecule has 2 heterocycles. The summed E-state index contributed by atoms with van der Waals surface area (Å²) in [5.74, 6) is 1.39. The van der Waals surface area contributed by atoms with Gasteiger partial charge in [0.05, 0.1) is 28.5 Å². The van der Waals surface area contributed by atoms with E-state index in [1.807, 2.05) is 13.8 Å². The van der Waals surface area contributed by atoms with Crippen LogP contribution in [0, 0.1) is 13.8 Å². The fraction of sp³-hybridized carbons (Fsp3) is 0.316. The first-order chi connectivity index (χ1) is 13.3. The molecule has 1 atom stereocenters. The Morgan fingerprint density at radius 1 is 1.43 bits per heavy atom. The summed E-state index contributed by atoms with van der Waals surface area (Å²) in [6.07, 6.45) is 0. The molecule has 6 nitrogen and oxygen atoms in total. The quantitative estimate of drug-likeness (QED) is 0.592. The van der Waals surface area contributed by atoms with Crippen molar-refractivity contribution in [3.8, 4) is 5.75 Å². The third-order valence-electron chi connectivity index (χ3n) is 4.35. The number of hydrogen-bond acceptors (Lipinski definition) is 6. The van der Waals surface area contributed by atoms with Crippen molar-refractivity contribution in [2.75, 3.05) is 12.4 Å². The topological polar surface area (TPSA) is 84.1 Å². The smallest absolute Gasteiger partial charge is 0.259 e. The highest BCUT2D eigenvalue weighted by Crippen LogP contribution is 2.28. The van der Waals surface area contributed by atoms with Crippen molar-refractivity contribution < 1.29 is 9.53 Å². The van der Waals surface area contributed by atoms with Gasteiger partial charge in [-0.3, -0.25) is 9.59 Å². The van der Waals surface area contributed by atoms with E-state index < -0.39 is 0 Å². The predicted molar refractivity (Wildman–Crippen MR) is 117 cm³/mol. The zero-order chi connectivity index (χ0) is 20.4. The van der Waals surface area contributed by atoms with E-state index in [9.17, 15) is 9.59 Å². The molecule has 0 bridgehead atoms. The van der Waals surface area contributed by atoms with E-state index in [2.05, 4.69) is 15.3 Å². The maximum Gasteiger partial charge on any atom is 0.259 e. The van der Waals surface area contributed by atoms with Gasteiger partial charge in [0, 0.05) is 10.6 Å². The number of nitrogens with one attached hydrogen (secondary N) is 2. The molecular formula is C19H20ClN3O3S2. The average molecular weight is 438 g/mol. The molecule has 0 radical (unpaired) electrons. The monoisotopic (exact) mass is 437 g/mol. The van der Waals surface area contributed by atoms with E-state index in [4.69, 9.17) is 16.3 Å². The zero-order valence-electron chi connectivity index (χ0n) is 15.9. The Kier molecular flexibility index (Phi) is 6.32. The summed E-state index contributed by atoms with van der Waals surface area (Å²) in [5.41, 5.74) is 1.44. The molecule has 0 aliphatic heterocycles. The molecule has 2 aromatic heterocycles. The van der Waals surface area contributed by atoms with Gasteiger partial charge in [-0.1, -0.05) is 11.6 Å². The fourth-order valence-electron chi connectivity index (χ4n) is 2.64. The van der Waals surface area contributed by atoms with E-state index >= 15 is 0 Å². The van der Waals surface area contributed by atoms with E-state index in [0.717, 1.165) is 15.3 Å². The normalized spacial score (nSPS) is 12.2. The lowest BCUT2D eigenvalue weighted by molar-refractivity contribution is -0.115. The number of amides is 1. The molecule has 9 heteroatoms. The number of halogens is 1. The Morgan fingerprint density at radius 2 is 2.18 bits per heavy atom. The number of aryl methyl sites for hydroxylation is 2. The molecule has 1 amide bonds. The molecular weight excluding hydrogens is 418 g/mol. The van der Waals surface area contributed by atoms with Crippen LogP contribution < -0.4 is 15.6 Å². The van der Waals surface area contributed by atoms with Crippen molar-refractivity contribution in [2.24, 2.45) is 0 Å². The number of thiophene rings is 1. The Morgan fingerprint density at radius 3 is 2.86 bits per heavy atom. The second-order valence-corrected chi connectivity index (χ2v) is 9.21. The number of methoxy groups -OCH3 is 1. The van der Waals surface area contributed by atoms with Crippen LogP contribution in [0.15, 0.2) is 23.0 Å². The number of nitrogens with zero attached hydrogens (tertiary/aromatic N) is 1. The third kappa shape index (κ3) is 4.34. The second-order valence-electron chi connectivity index (χ2n) is 6.27. The number of ether oxygens (including phenoxy) is 1. The van der Waals surface area contributed by atoms with Gasteiger partial charge in [-0.25, -0.2) is 4.98 Å². The summed E-state index contributed by atoms with van der Waals surface area (Å²) in [4.78, 5) is 34.0. The first-order valence-corrected chi connectivity index (χ1v) is 10.8. The zero-order valence-corrected chi connectivity index (χ0v) is 18.3. The number of hydrogen-bond donors (Lipinski definition) is 2. The van der Waals surface area contributed by atoms with E-state index in [1.54, 1.807) is 25.1 Å². The van der Waals surface area contributed by atoms with Gasteiger partial charge >= 0.3 is 0 Å². The first-order valence-electron chi connectivity index (χ1n) is 8.55. The molecule has 0 aliphatic rings. The van der Waals surface area contributed by atoms with Gasteiger partial charge in [0.15, 0.2) is 0 Å². The third-order valence-corrected chi connectivity index (χ3v) is 6.90. The molecule has 3 aromatic rings. The van der Waals surface area contributed by atoms with Gasteiger partial charge < -0.3 is 15.0 Å². The lowest BCUT2D eigenvalue weighted by Gasteiger charge is -2.12. The molecule has 148 valence electrons. The molecule has 0 fully saturated rings. The Bertz CT molecular complexity index is 1090. The number of aromatic nitrogens is 2. The van der Waals surface area contributed by atoms with E-state index in [0.29, 0.717) is 33.4 Å². The van der Waals surface area contributed by atoms with Gasteiger partial charge in [-0.05, 0) is 44.5 Å². The van der Waals surface area contributed by atoms with Crippen LogP contribution in [0.25, 0.3) is 10.2 Å². The summed E-state index contributed by atoms with van der Waals surface area (Å²) in [6.45, 7) is 5.71. The molecule has 0 spiro atoms. The number of carbonyl (C=O) groups excluding carboxylic acids is 1. The molecule has 0 saturated carbocycles. The number of anilines is 1. The van der Waals surface area contributed by atoms with Crippen LogP contribution in [0.1, 0.15) is 23.2 Å². The van der Waals surface area contributed by atoms with Crippen molar-refractivity contribution in [1.82, 2.24) is 9.97 Å². The standard InChI is InChI=1S/C19H20ClN3O3S2/c1-9-10(2)28-19-16(9)18(25)22-15(23-19)8-27-11(3)17(24)21-12-5-6-14(26-4)13(20)7-12/h5-7,11H,8H2,1-4H3,(H,21,24)(H,22,23,25). The van der Waals surface area contributed by atoms with Crippen LogP contribution in [0.3, 0.4) is 0 Å². The number of carbonyl (C=O) groups is 1. The summed E-state index contributed by atoms with van der Waals surface area (Å²) >= 11 is 9.00. The second kappa shape index (κ2) is 8.55.